The van der Waals surface area contributed by atoms with Crippen LogP contribution in [-0.2, 0) is 6.42 Å². The molecule has 0 amide bonds. The highest BCUT2D eigenvalue weighted by Crippen LogP contribution is 2.27. The highest BCUT2D eigenvalue weighted by Gasteiger charge is 2.06. The van der Waals surface area contributed by atoms with E-state index in [0.717, 1.165) is 39.9 Å². The number of hydrogen-bond donors (Lipinski definition) is 0. The normalized spacial score (nSPS) is 10.7. The fourth-order valence-corrected chi connectivity index (χ4v) is 3.28. The van der Waals surface area contributed by atoms with Gasteiger partial charge in [-0.05, 0) is 53.4 Å². The zero-order chi connectivity index (χ0) is 18.6. The van der Waals surface area contributed by atoms with Gasteiger partial charge < -0.3 is 9.47 Å². The maximum atomic E-state index is 5.38. The Hall–Kier alpha value is -3.33. The number of methoxy groups -OCH3 is 2. The molecular formula is C24H21NO2. The third-order valence-corrected chi connectivity index (χ3v) is 4.67. The van der Waals surface area contributed by atoms with Gasteiger partial charge in [0.05, 0.1) is 19.7 Å². The molecule has 4 aromatic rings. The van der Waals surface area contributed by atoms with Crippen LogP contribution in [0.15, 0.2) is 79.0 Å². The molecule has 1 aromatic heterocycles. The summed E-state index contributed by atoms with van der Waals surface area (Å²) in [6.45, 7) is 0. The minimum Gasteiger partial charge on any atom is -0.497 e. The Bertz CT molecular complexity index is 1050. The first-order valence-corrected chi connectivity index (χ1v) is 8.91. The topological polar surface area (TPSA) is 31.4 Å². The Labute approximate surface area is 159 Å². The van der Waals surface area contributed by atoms with E-state index in [1.54, 1.807) is 14.2 Å². The summed E-state index contributed by atoms with van der Waals surface area (Å²) in [7, 11) is 3.34. The monoisotopic (exact) mass is 355 g/mol. The second-order valence-electron chi connectivity index (χ2n) is 6.51. The molecule has 0 saturated carbocycles. The zero-order valence-electron chi connectivity index (χ0n) is 15.5. The van der Waals surface area contributed by atoms with Crippen molar-refractivity contribution in [3.8, 4) is 22.6 Å². The molecule has 3 heteroatoms. The Morgan fingerprint density at radius 2 is 1.44 bits per heavy atom. The van der Waals surface area contributed by atoms with E-state index >= 15 is 0 Å². The van der Waals surface area contributed by atoms with E-state index in [-0.39, 0.29) is 0 Å². The van der Waals surface area contributed by atoms with Gasteiger partial charge in [0.1, 0.15) is 11.5 Å². The minimum atomic E-state index is 0.804. The summed E-state index contributed by atoms with van der Waals surface area (Å²) >= 11 is 0. The molecule has 0 aliphatic heterocycles. The molecule has 0 atom stereocenters. The van der Waals surface area contributed by atoms with Gasteiger partial charge in [0.25, 0.3) is 0 Å². The molecule has 4 rings (SSSR count). The van der Waals surface area contributed by atoms with Crippen LogP contribution < -0.4 is 9.47 Å². The molecule has 0 saturated heterocycles. The van der Waals surface area contributed by atoms with Crippen LogP contribution in [0.5, 0.6) is 11.5 Å². The quantitative estimate of drug-likeness (QED) is 0.473. The van der Waals surface area contributed by atoms with Crippen LogP contribution in [0.3, 0.4) is 0 Å². The number of ether oxygens (including phenoxy) is 2. The van der Waals surface area contributed by atoms with Crippen LogP contribution in [0.4, 0.5) is 0 Å². The van der Waals surface area contributed by atoms with E-state index in [1.165, 1.54) is 11.1 Å². The number of nitrogens with zero attached hydrogens (tertiary/aromatic N) is 1. The maximum Gasteiger partial charge on any atom is 0.122 e. The van der Waals surface area contributed by atoms with E-state index in [0.29, 0.717) is 0 Å². The van der Waals surface area contributed by atoms with Crippen molar-refractivity contribution in [3.63, 3.8) is 0 Å². The lowest BCUT2D eigenvalue weighted by molar-refractivity contribution is 0.393. The van der Waals surface area contributed by atoms with Crippen LogP contribution >= 0.6 is 0 Å². The molecular weight excluding hydrogens is 334 g/mol. The first-order chi connectivity index (χ1) is 13.2. The summed E-state index contributed by atoms with van der Waals surface area (Å²) < 4.78 is 10.8. The molecule has 0 unspecified atom stereocenters. The molecule has 1 heterocycles. The molecule has 0 spiro atoms. The van der Waals surface area contributed by atoms with Crippen molar-refractivity contribution in [1.82, 2.24) is 4.98 Å². The molecule has 0 aliphatic rings. The fraction of sp³-hybridized carbons (Fsp3) is 0.125. The Morgan fingerprint density at radius 3 is 2.15 bits per heavy atom. The first-order valence-electron chi connectivity index (χ1n) is 8.91. The molecule has 3 aromatic carbocycles. The first kappa shape index (κ1) is 17.1. The van der Waals surface area contributed by atoms with Gasteiger partial charge >= 0.3 is 0 Å². The maximum absolute atomic E-state index is 5.38. The second kappa shape index (κ2) is 7.50. The Balaban J connectivity index is 1.69. The van der Waals surface area contributed by atoms with Crippen molar-refractivity contribution >= 4 is 10.9 Å². The van der Waals surface area contributed by atoms with Gasteiger partial charge in [-0.15, -0.1) is 0 Å². The van der Waals surface area contributed by atoms with E-state index in [2.05, 4.69) is 41.4 Å². The van der Waals surface area contributed by atoms with Gasteiger partial charge in [-0.25, -0.2) is 0 Å². The van der Waals surface area contributed by atoms with Crippen molar-refractivity contribution in [2.45, 2.75) is 6.42 Å². The number of benzene rings is 3. The van der Waals surface area contributed by atoms with Crippen molar-refractivity contribution in [1.29, 1.82) is 0 Å². The molecule has 0 radical (unpaired) electrons. The highest BCUT2D eigenvalue weighted by atomic mass is 16.5. The lowest BCUT2D eigenvalue weighted by Crippen LogP contribution is -1.93. The fourth-order valence-electron chi connectivity index (χ4n) is 3.28. The van der Waals surface area contributed by atoms with Crippen LogP contribution in [0.1, 0.15) is 11.1 Å². The molecule has 0 N–H and O–H groups in total. The summed E-state index contributed by atoms with van der Waals surface area (Å²) in [4.78, 5) is 4.62. The van der Waals surface area contributed by atoms with Crippen molar-refractivity contribution in [2.75, 3.05) is 14.2 Å². The van der Waals surface area contributed by atoms with E-state index in [1.807, 2.05) is 42.6 Å². The second-order valence-corrected chi connectivity index (χ2v) is 6.51. The number of hydrogen-bond acceptors (Lipinski definition) is 3. The number of rotatable bonds is 5. The molecule has 134 valence electrons. The van der Waals surface area contributed by atoms with Crippen LogP contribution in [-0.4, -0.2) is 19.2 Å². The predicted octanol–water partition coefficient (Wildman–Crippen LogP) is 5.51. The van der Waals surface area contributed by atoms with Crippen molar-refractivity contribution < 1.29 is 9.47 Å². The van der Waals surface area contributed by atoms with Crippen LogP contribution in [0.25, 0.3) is 22.0 Å². The summed E-state index contributed by atoms with van der Waals surface area (Å²) in [6.07, 6.45) is 2.74. The summed E-state index contributed by atoms with van der Waals surface area (Å²) in [5.41, 5.74) is 5.68. The predicted molar refractivity (Wildman–Crippen MR) is 110 cm³/mol. The summed E-state index contributed by atoms with van der Waals surface area (Å²) in [6, 6.07) is 24.9. The largest absolute Gasteiger partial charge is 0.497 e. The summed E-state index contributed by atoms with van der Waals surface area (Å²) in [5, 5.41) is 1.14. The standard InChI is InChI=1S/C24H21NO2/c1-26-22-12-18(13-23(15-22)27-2)10-17-8-9-24-20(11-17)14-21(16-25-24)19-6-4-3-5-7-19/h3-9,11-16H,10H2,1-2H3. The average Bonchev–Trinajstić information content (AvgIpc) is 2.73. The molecule has 27 heavy (non-hydrogen) atoms. The van der Waals surface area contributed by atoms with Crippen LogP contribution in [0, 0.1) is 0 Å². The van der Waals surface area contributed by atoms with E-state index in [9.17, 15) is 0 Å². The molecule has 0 fully saturated rings. The number of pyridine rings is 1. The lowest BCUT2D eigenvalue weighted by Gasteiger charge is -2.10. The van der Waals surface area contributed by atoms with Gasteiger partial charge in [-0.3, -0.25) is 4.98 Å². The Morgan fingerprint density at radius 1 is 0.704 bits per heavy atom. The van der Waals surface area contributed by atoms with Crippen molar-refractivity contribution in [2.24, 2.45) is 0 Å². The summed E-state index contributed by atoms with van der Waals surface area (Å²) in [5.74, 6) is 1.61. The number of aromatic nitrogens is 1. The SMILES string of the molecule is COc1cc(Cc2ccc3ncc(-c4ccccc4)cc3c2)cc(OC)c1. The highest BCUT2D eigenvalue weighted by molar-refractivity contribution is 5.84. The van der Waals surface area contributed by atoms with E-state index in [4.69, 9.17) is 9.47 Å². The molecule has 0 bridgehead atoms. The molecule has 3 nitrogen and oxygen atoms in total. The lowest BCUT2D eigenvalue weighted by atomic mass is 10.0. The van der Waals surface area contributed by atoms with Gasteiger partial charge in [0.15, 0.2) is 0 Å². The third kappa shape index (κ3) is 3.77. The zero-order valence-corrected chi connectivity index (χ0v) is 15.5. The van der Waals surface area contributed by atoms with Gasteiger partial charge in [0.2, 0.25) is 0 Å². The number of fused-ring (bicyclic) bond motifs is 1. The molecule has 0 aliphatic carbocycles. The van der Waals surface area contributed by atoms with Crippen molar-refractivity contribution in [3.05, 3.63) is 90.1 Å². The van der Waals surface area contributed by atoms with Gasteiger partial charge in [0, 0.05) is 23.2 Å². The minimum absolute atomic E-state index is 0.804. The smallest absolute Gasteiger partial charge is 0.122 e. The van der Waals surface area contributed by atoms with Gasteiger partial charge in [-0.1, -0.05) is 36.4 Å². The van der Waals surface area contributed by atoms with E-state index < -0.39 is 0 Å². The third-order valence-electron chi connectivity index (χ3n) is 4.67. The van der Waals surface area contributed by atoms with Gasteiger partial charge in [-0.2, -0.15) is 0 Å². The van der Waals surface area contributed by atoms with Crippen LogP contribution in [0.2, 0.25) is 0 Å². The Kier molecular flexibility index (Phi) is 4.75. The average molecular weight is 355 g/mol.